The lowest BCUT2D eigenvalue weighted by molar-refractivity contribution is 0.104. The van der Waals surface area contributed by atoms with E-state index in [1.165, 1.54) is 6.07 Å². The lowest BCUT2D eigenvalue weighted by Crippen LogP contribution is -2.16. The highest BCUT2D eigenvalue weighted by Gasteiger charge is 2.03. The van der Waals surface area contributed by atoms with Gasteiger partial charge >= 0.3 is 0 Å². The average molecular weight is 198 g/mol. The van der Waals surface area contributed by atoms with Crippen LogP contribution < -0.4 is 4.74 Å². The van der Waals surface area contributed by atoms with Gasteiger partial charge in [-0.15, -0.1) is 0 Å². The minimum Gasteiger partial charge on any atom is -0.491 e. The Morgan fingerprint density at radius 1 is 1.50 bits per heavy atom. The number of ether oxygens (including phenoxy) is 1. The number of benzene rings is 1. The predicted molar refractivity (Wildman–Crippen MR) is 52.9 cm³/mol. The third-order valence-corrected chi connectivity index (χ3v) is 2.06. The van der Waals surface area contributed by atoms with Crippen LogP contribution in [0.3, 0.4) is 0 Å². The van der Waals surface area contributed by atoms with Crippen molar-refractivity contribution >= 4 is 0 Å². The third kappa shape index (κ3) is 3.00. The van der Waals surface area contributed by atoms with Gasteiger partial charge in [0.25, 0.3) is 0 Å². The SMILES string of the molecule is CC[C@H](O)COc1ccc(C)c(F)c1. The van der Waals surface area contributed by atoms with Crippen LogP contribution in [-0.4, -0.2) is 17.8 Å². The summed E-state index contributed by atoms with van der Waals surface area (Å²) in [7, 11) is 0. The predicted octanol–water partition coefficient (Wildman–Crippen LogP) is 2.28. The van der Waals surface area contributed by atoms with E-state index in [4.69, 9.17) is 4.74 Å². The van der Waals surface area contributed by atoms with Crippen molar-refractivity contribution in [3.8, 4) is 5.75 Å². The van der Waals surface area contributed by atoms with Gasteiger partial charge in [0.2, 0.25) is 0 Å². The number of rotatable bonds is 4. The molecule has 0 unspecified atom stereocenters. The van der Waals surface area contributed by atoms with E-state index in [0.29, 0.717) is 17.7 Å². The summed E-state index contributed by atoms with van der Waals surface area (Å²) in [4.78, 5) is 0. The second-order valence-electron chi connectivity index (χ2n) is 3.28. The Bertz CT molecular complexity index is 299. The van der Waals surface area contributed by atoms with Crippen molar-refractivity contribution in [2.75, 3.05) is 6.61 Å². The molecular formula is C11H15FO2. The Kier molecular flexibility index (Phi) is 3.89. The zero-order chi connectivity index (χ0) is 10.6. The Hall–Kier alpha value is -1.09. The molecule has 1 N–H and O–H groups in total. The van der Waals surface area contributed by atoms with Crippen LogP contribution in [0.4, 0.5) is 4.39 Å². The third-order valence-electron chi connectivity index (χ3n) is 2.06. The molecule has 1 rings (SSSR count). The zero-order valence-corrected chi connectivity index (χ0v) is 8.46. The topological polar surface area (TPSA) is 29.5 Å². The highest BCUT2D eigenvalue weighted by atomic mass is 19.1. The summed E-state index contributed by atoms with van der Waals surface area (Å²) in [6.45, 7) is 3.77. The monoisotopic (exact) mass is 198 g/mol. The summed E-state index contributed by atoms with van der Waals surface area (Å²) in [6.07, 6.45) is 0.147. The molecule has 1 aromatic rings. The van der Waals surface area contributed by atoms with E-state index in [2.05, 4.69) is 0 Å². The molecule has 0 saturated heterocycles. The summed E-state index contributed by atoms with van der Waals surface area (Å²) in [5, 5.41) is 9.22. The molecule has 0 spiro atoms. The lowest BCUT2D eigenvalue weighted by atomic mass is 10.2. The van der Waals surface area contributed by atoms with Crippen LogP contribution in [0.2, 0.25) is 0 Å². The zero-order valence-electron chi connectivity index (χ0n) is 8.46. The number of aliphatic hydroxyl groups excluding tert-OH is 1. The molecule has 1 atom stereocenters. The first-order chi connectivity index (χ1) is 6.63. The van der Waals surface area contributed by atoms with Gasteiger partial charge in [0, 0.05) is 6.07 Å². The summed E-state index contributed by atoms with van der Waals surface area (Å²) in [5.74, 6) is 0.175. The van der Waals surface area contributed by atoms with Crippen LogP contribution in [0.1, 0.15) is 18.9 Å². The van der Waals surface area contributed by atoms with E-state index in [9.17, 15) is 9.50 Å². The maximum Gasteiger partial charge on any atom is 0.129 e. The van der Waals surface area contributed by atoms with Crippen molar-refractivity contribution in [2.45, 2.75) is 26.4 Å². The van der Waals surface area contributed by atoms with Crippen LogP contribution in [0.5, 0.6) is 5.75 Å². The number of aryl methyl sites for hydroxylation is 1. The van der Waals surface area contributed by atoms with Gasteiger partial charge < -0.3 is 9.84 Å². The minimum absolute atomic E-state index is 0.207. The Morgan fingerprint density at radius 3 is 2.79 bits per heavy atom. The molecule has 0 bridgehead atoms. The van der Waals surface area contributed by atoms with Crippen molar-refractivity contribution in [3.63, 3.8) is 0 Å². The largest absolute Gasteiger partial charge is 0.491 e. The maximum atomic E-state index is 13.0. The van der Waals surface area contributed by atoms with Gasteiger partial charge in [-0.05, 0) is 25.0 Å². The first-order valence-electron chi connectivity index (χ1n) is 4.70. The van der Waals surface area contributed by atoms with Gasteiger partial charge in [0.05, 0.1) is 6.10 Å². The van der Waals surface area contributed by atoms with E-state index >= 15 is 0 Å². The van der Waals surface area contributed by atoms with E-state index < -0.39 is 6.10 Å². The molecule has 0 heterocycles. The summed E-state index contributed by atoms with van der Waals surface area (Å²) < 4.78 is 18.2. The van der Waals surface area contributed by atoms with Crippen LogP contribution in [-0.2, 0) is 0 Å². The second kappa shape index (κ2) is 4.96. The number of halogens is 1. The minimum atomic E-state index is -0.487. The summed E-state index contributed by atoms with van der Waals surface area (Å²) >= 11 is 0. The highest BCUT2D eigenvalue weighted by molar-refractivity contribution is 5.27. The maximum absolute atomic E-state index is 13.0. The lowest BCUT2D eigenvalue weighted by Gasteiger charge is -2.10. The average Bonchev–Trinajstić information content (AvgIpc) is 2.19. The number of aliphatic hydroxyl groups is 1. The van der Waals surface area contributed by atoms with E-state index in [0.717, 1.165) is 0 Å². The first kappa shape index (κ1) is 11.0. The van der Waals surface area contributed by atoms with Gasteiger partial charge in [-0.2, -0.15) is 0 Å². The highest BCUT2D eigenvalue weighted by Crippen LogP contribution is 2.16. The molecule has 0 aliphatic rings. The first-order valence-corrected chi connectivity index (χ1v) is 4.70. The molecule has 0 fully saturated rings. The van der Waals surface area contributed by atoms with E-state index in [-0.39, 0.29) is 12.4 Å². The van der Waals surface area contributed by atoms with Crippen LogP contribution in [0.25, 0.3) is 0 Å². The van der Waals surface area contributed by atoms with Gasteiger partial charge in [-0.25, -0.2) is 4.39 Å². The normalized spacial score (nSPS) is 12.6. The van der Waals surface area contributed by atoms with E-state index in [1.54, 1.807) is 19.1 Å². The molecule has 2 nitrogen and oxygen atoms in total. The van der Waals surface area contributed by atoms with Crippen molar-refractivity contribution in [1.29, 1.82) is 0 Å². The molecule has 0 aliphatic heterocycles. The molecule has 0 saturated carbocycles. The van der Waals surface area contributed by atoms with Gasteiger partial charge in [0.1, 0.15) is 18.2 Å². The number of hydrogen-bond donors (Lipinski definition) is 1. The molecule has 1 aromatic carbocycles. The molecule has 0 aromatic heterocycles. The summed E-state index contributed by atoms with van der Waals surface area (Å²) in [5.41, 5.74) is 0.591. The van der Waals surface area contributed by atoms with Crippen LogP contribution >= 0.6 is 0 Å². The van der Waals surface area contributed by atoms with Crippen molar-refractivity contribution in [2.24, 2.45) is 0 Å². The fraction of sp³-hybridized carbons (Fsp3) is 0.455. The van der Waals surface area contributed by atoms with E-state index in [1.807, 2.05) is 6.92 Å². The fourth-order valence-electron chi connectivity index (χ4n) is 0.974. The van der Waals surface area contributed by atoms with Crippen molar-refractivity contribution in [1.82, 2.24) is 0 Å². The Morgan fingerprint density at radius 2 is 2.21 bits per heavy atom. The second-order valence-corrected chi connectivity index (χ2v) is 3.28. The molecule has 3 heteroatoms. The fourth-order valence-corrected chi connectivity index (χ4v) is 0.974. The Balaban J connectivity index is 2.55. The molecular weight excluding hydrogens is 183 g/mol. The molecule has 0 radical (unpaired) electrons. The Labute approximate surface area is 83.3 Å². The van der Waals surface area contributed by atoms with Gasteiger partial charge in [-0.3, -0.25) is 0 Å². The standard InChI is InChI=1S/C11H15FO2/c1-3-9(13)7-14-10-5-4-8(2)11(12)6-10/h4-6,9,13H,3,7H2,1-2H3/t9-/m0/s1. The van der Waals surface area contributed by atoms with Gasteiger partial charge in [0.15, 0.2) is 0 Å². The molecule has 14 heavy (non-hydrogen) atoms. The van der Waals surface area contributed by atoms with Crippen LogP contribution in [0, 0.1) is 12.7 Å². The number of hydrogen-bond acceptors (Lipinski definition) is 2. The quantitative estimate of drug-likeness (QED) is 0.804. The molecule has 0 aliphatic carbocycles. The molecule has 78 valence electrons. The van der Waals surface area contributed by atoms with Crippen molar-refractivity contribution < 1.29 is 14.2 Å². The van der Waals surface area contributed by atoms with Gasteiger partial charge in [-0.1, -0.05) is 13.0 Å². The smallest absolute Gasteiger partial charge is 0.129 e. The van der Waals surface area contributed by atoms with Crippen LogP contribution in [0.15, 0.2) is 18.2 Å². The van der Waals surface area contributed by atoms with Crippen molar-refractivity contribution in [3.05, 3.63) is 29.6 Å². The summed E-state index contributed by atoms with van der Waals surface area (Å²) in [6, 6.07) is 4.68. The molecule has 0 amide bonds.